The van der Waals surface area contributed by atoms with Gasteiger partial charge >= 0.3 is 6.18 Å². The summed E-state index contributed by atoms with van der Waals surface area (Å²) < 4.78 is 59.3. The molecule has 0 saturated carbocycles. The first-order chi connectivity index (χ1) is 16.8. The molecule has 35 heavy (non-hydrogen) atoms. The first kappa shape index (κ1) is 25.3. The summed E-state index contributed by atoms with van der Waals surface area (Å²) in [6.45, 7) is -0.129. The molecule has 8 nitrogen and oxygen atoms in total. The molecular weight excluding hydrogens is 467 g/mol. The molecule has 3 aromatic rings. The van der Waals surface area contributed by atoms with Crippen molar-refractivity contribution in [3.05, 3.63) is 53.7 Å². The van der Waals surface area contributed by atoms with E-state index in [1.165, 1.54) is 33.5 Å². The Morgan fingerprint density at radius 2 is 1.74 bits per heavy atom. The Morgan fingerprint density at radius 1 is 1.03 bits per heavy atom. The Balaban J connectivity index is 1.56. The fraction of sp³-hybridized carbons (Fsp3) is 0.250. The van der Waals surface area contributed by atoms with Gasteiger partial charge in [0.2, 0.25) is 5.75 Å². The van der Waals surface area contributed by atoms with Crippen molar-refractivity contribution in [2.45, 2.75) is 6.18 Å². The van der Waals surface area contributed by atoms with Crippen LogP contribution in [0.15, 0.2) is 42.5 Å². The van der Waals surface area contributed by atoms with Gasteiger partial charge < -0.3 is 24.3 Å². The number of hydrogen-bond acceptors (Lipinski definition) is 6. The molecule has 1 aromatic heterocycles. The first-order valence-corrected chi connectivity index (χ1v) is 10.2. The highest BCUT2D eigenvalue weighted by molar-refractivity contribution is 5.93. The molecule has 2 aromatic carbocycles. The van der Waals surface area contributed by atoms with Crippen LogP contribution in [0.1, 0.15) is 16.1 Å². The predicted molar refractivity (Wildman–Crippen MR) is 121 cm³/mol. The van der Waals surface area contributed by atoms with Crippen LogP contribution in [0.2, 0.25) is 0 Å². The number of hydrogen-bond donors (Lipinski definition) is 2. The number of alkyl halides is 3. The van der Waals surface area contributed by atoms with Gasteiger partial charge in [-0.2, -0.15) is 18.3 Å². The number of ether oxygens (including phenoxy) is 4. The van der Waals surface area contributed by atoms with Crippen molar-refractivity contribution >= 4 is 5.91 Å². The summed E-state index contributed by atoms with van der Waals surface area (Å²) in [6, 6.07) is 9.47. The highest BCUT2D eigenvalue weighted by atomic mass is 19.4. The quantitative estimate of drug-likeness (QED) is 0.466. The summed E-state index contributed by atoms with van der Waals surface area (Å²) in [6.07, 6.45) is -4.45. The highest BCUT2D eigenvalue weighted by Crippen LogP contribution is 2.40. The van der Waals surface area contributed by atoms with Gasteiger partial charge in [0.25, 0.3) is 5.91 Å². The number of aromatic amines is 1. The van der Waals surface area contributed by atoms with Crippen LogP contribution in [-0.4, -0.2) is 50.6 Å². The molecule has 0 unspecified atom stereocenters. The Bertz CT molecular complexity index is 1220. The number of nitrogens with one attached hydrogen (secondary N) is 2. The van der Waals surface area contributed by atoms with Gasteiger partial charge in [0, 0.05) is 5.56 Å². The van der Waals surface area contributed by atoms with Gasteiger partial charge in [-0.15, -0.1) is 0 Å². The van der Waals surface area contributed by atoms with Crippen molar-refractivity contribution in [3.63, 3.8) is 0 Å². The third kappa shape index (κ3) is 6.38. The molecule has 2 N–H and O–H groups in total. The Morgan fingerprint density at radius 3 is 2.37 bits per heavy atom. The van der Waals surface area contributed by atoms with E-state index < -0.39 is 17.6 Å². The minimum Gasteiger partial charge on any atom is -0.493 e. The third-order valence-corrected chi connectivity index (χ3v) is 4.72. The van der Waals surface area contributed by atoms with Crippen molar-refractivity contribution in [2.75, 3.05) is 34.5 Å². The van der Waals surface area contributed by atoms with E-state index >= 15 is 0 Å². The number of H-pyrrole nitrogens is 1. The van der Waals surface area contributed by atoms with Crippen molar-refractivity contribution < 1.29 is 36.9 Å². The maximum atomic E-state index is 12.7. The predicted octanol–water partition coefficient (Wildman–Crippen LogP) is 3.93. The molecule has 184 valence electrons. The standard InChI is InChI=1S/C24H22F3N3O5/c1-32-20-11-15(12-21(33-2)22(20)34-3)18-14-19(30-29-18)23(31)28-9-4-5-10-35-17-8-6-7-16(13-17)24(25,26)27/h6-8,11-14H,9-10H2,1-3H3,(H,28,31)(H,29,30). The maximum absolute atomic E-state index is 12.7. The van der Waals surface area contributed by atoms with Gasteiger partial charge in [0.15, 0.2) is 11.5 Å². The summed E-state index contributed by atoms with van der Waals surface area (Å²) in [7, 11) is 4.49. The minimum atomic E-state index is -4.45. The number of methoxy groups -OCH3 is 3. The summed E-state index contributed by atoms with van der Waals surface area (Å²) >= 11 is 0. The number of nitrogens with zero attached hydrogens (tertiary/aromatic N) is 1. The van der Waals surface area contributed by atoms with Crippen molar-refractivity contribution in [1.82, 2.24) is 15.5 Å². The van der Waals surface area contributed by atoms with Gasteiger partial charge in [-0.3, -0.25) is 9.89 Å². The molecule has 0 spiro atoms. The van der Waals surface area contributed by atoms with E-state index in [1.54, 1.807) is 18.2 Å². The van der Waals surface area contributed by atoms with E-state index in [1.807, 2.05) is 0 Å². The zero-order chi connectivity index (χ0) is 25.4. The largest absolute Gasteiger partial charge is 0.493 e. The van der Waals surface area contributed by atoms with Crippen molar-refractivity contribution in [2.24, 2.45) is 0 Å². The number of aromatic nitrogens is 2. The second-order valence-corrected chi connectivity index (χ2v) is 6.93. The molecule has 0 atom stereocenters. The monoisotopic (exact) mass is 489 g/mol. The summed E-state index contributed by atoms with van der Waals surface area (Å²) in [5.74, 6) is 6.23. The van der Waals surface area contributed by atoms with E-state index in [0.29, 0.717) is 28.5 Å². The topological polar surface area (TPSA) is 94.7 Å². The lowest BCUT2D eigenvalue weighted by Crippen LogP contribution is -2.24. The molecule has 0 fully saturated rings. The van der Waals surface area contributed by atoms with E-state index in [4.69, 9.17) is 18.9 Å². The van der Waals surface area contributed by atoms with Crippen LogP contribution < -0.4 is 24.3 Å². The first-order valence-electron chi connectivity index (χ1n) is 10.2. The number of benzene rings is 2. The average Bonchev–Trinajstić information content (AvgIpc) is 3.35. The van der Waals surface area contributed by atoms with Crippen LogP contribution in [0.4, 0.5) is 13.2 Å². The number of halogens is 3. The third-order valence-electron chi connectivity index (χ3n) is 4.72. The molecule has 0 aliphatic heterocycles. The van der Waals surface area contributed by atoms with Gasteiger partial charge in [-0.1, -0.05) is 17.9 Å². The Hall–Kier alpha value is -4.33. The van der Waals surface area contributed by atoms with E-state index in [0.717, 1.165) is 12.1 Å². The molecule has 11 heteroatoms. The second kappa shape index (κ2) is 11.2. The number of carbonyl (C=O) groups excluding carboxylic acids is 1. The molecule has 3 rings (SSSR count). The van der Waals surface area contributed by atoms with Crippen LogP contribution in [0.5, 0.6) is 23.0 Å². The summed E-state index contributed by atoms with van der Waals surface area (Å²) in [4.78, 5) is 12.4. The minimum absolute atomic E-state index is 0.00329. The van der Waals surface area contributed by atoms with Crippen LogP contribution >= 0.6 is 0 Å². The molecular formula is C24H22F3N3O5. The van der Waals surface area contributed by atoms with Crippen molar-refractivity contribution in [1.29, 1.82) is 0 Å². The normalized spacial score (nSPS) is 10.7. The van der Waals surface area contributed by atoms with Crippen LogP contribution in [0, 0.1) is 11.8 Å². The maximum Gasteiger partial charge on any atom is 0.416 e. The van der Waals surface area contributed by atoms with E-state index in [-0.39, 0.29) is 24.6 Å². The lowest BCUT2D eigenvalue weighted by atomic mass is 10.1. The SMILES string of the molecule is COc1cc(-c2cc(C(=O)NCC#CCOc3cccc(C(F)(F)F)c3)[nH]n2)cc(OC)c1OC. The summed E-state index contributed by atoms with van der Waals surface area (Å²) in [5.41, 5.74) is 0.521. The Labute approximate surface area is 199 Å². The zero-order valence-electron chi connectivity index (χ0n) is 19.1. The van der Waals surface area contributed by atoms with Gasteiger partial charge in [-0.05, 0) is 36.4 Å². The average molecular weight is 489 g/mol. The summed E-state index contributed by atoms with van der Waals surface area (Å²) in [5, 5.41) is 9.41. The van der Waals surface area contributed by atoms with Crippen LogP contribution in [-0.2, 0) is 6.18 Å². The number of carbonyl (C=O) groups is 1. The lowest BCUT2D eigenvalue weighted by molar-refractivity contribution is -0.137. The molecule has 1 amide bonds. The van der Waals surface area contributed by atoms with E-state index in [9.17, 15) is 18.0 Å². The number of rotatable bonds is 8. The van der Waals surface area contributed by atoms with Crippen molar-refractivity contribution in [3.8, 4) is 46.1 Å². The van der Waals surface area contributed by atoms with Crippen LogP contribution in [0.25, 0.3) is 11.3 Å². The smallest absolute Gasteiger partial charge is 0.416 e. The van der Waals surface area contributed by atoms with Gasteiger partial charge in [-0.25, -0.2) is 0 Å². The molecule has 1 heterocycles. The molecule has 0 radical (unpaired) electrons. The van der Waals surface area contributed by atoms with E-state index in [2.05, 4.69) is 27.4 Å². The fourth-order valence-electron chi connectivity index (χ4n) is 3.03. The lowest BCUT2D eigenvalue weighted by Gasteiger charge is -2.13. The fourth-order valence-corrected chi connectivity index (χ4v) is 3.03. The molecule has 0 bridgehead atoms. The molecule has 0 aliphatic carbocycles. The van der Waals surface area contributed by atoms with Gasteiger partial charge in [0.05, 0.1) is 39.1 Å². The molecule has 0 saturated heterocycles. The second-order valence-electron chi connectivity index (χ2n) is 6.93. The zero-order valence-corrected chi connectivity index (χ0v) is 19.1. The Kier molecular flexibility index (Phi) is 8.09. The highest BCUT2D eigenvalue weighted by Gasteiger charge is 2.30. The van der Waals surface area contributed by atoms with Gasteiger partial charge in [0.1, 0.15) is 18.1 Å². The number of amides is 1. The van der Waals surface area contributed by atoms with Crippen LogP contribution in [0.3, 0.4) is 0 Å². The molecule has 0 aliphatic rings.